The molecule has 0 aromatic heterocycles. The number of rotatable bonds is 1. The van der Waals surface area contributed by atoms with E-state index in [0.717, 1.165) is 36.1 Å². The second-order valence-electron chi connectivity index (χ2n) is 4.63. The molecule has 1 aromatic rings. The largest absolute Gasteiger partial charge is 0.365 e. The van der Waals surface area contributed by atoms with Gasteiger partial charge in [-0.25, -0.2) is 0 Å². The third kappa shape index (κ3) is 1.93. The zero-order chi connectivity index (χ0) is 11.7. The molecule has 1 aliphatic carbocycles. The smallest absolute Gasteiger partial charge is 0.250 e. The van der Waals surface area contributed by atoms with E-state index in [0.29, 0.717) is 0 Å². The fourth-order valence-corrected chi connectivity index (χ4v) is 2.56. The highest BCUT2D eigenvalue weighted by molar-refractivity contribution is 5.95. The SMILES string of the molecule is O=C1NC(c2ccccc2)NC2=C1CCCC2. The maximum Gasteiger partial charge on any atom is 0.250 e. The van der Waals surface area contributed by atoms with Gasteiger partial charge >= 0.3 is 0 Å². The molecule has 1 unspecified atom stereocenters. The van der Waals surface area contributed by atoms with E-state index in [1.807, 2.05) is 30.3 Å². The summed E-state index contributed by atoms with van der Waals surface area (Å²) in [6.07, 6.45) is 4.16. The van der Waals surface area contributed by atoms with Gasteiger partial charge in [0.2, 0.25) is 0 Å². The second kappa shape index (κ2) is 4.24. The van der Waals surface area contributed by atoms with Crippen LogP contribution in [0, 0.1) is 0 Å². The Morgan fingerprint density at radius 2 is 1.76 bits per heavy atom. The van der Waals surface area contributed by atoms with E-state index in [9.17, 15) is 4.79 Å². The van der Waals surface area contributed by atoms with Crippen molar-refractivity contribution in [1.82, 2.24) is 10.6 Å². The first-order chi connectivity index (χ1) is 8.34. The van der Waals surface area contributed by atoms with Crippen LogP contribution in [0.4, 0.5) is 0 Å². The summed E-state index contributed by atoms with van der Waals surface area (Å²) >= 11 is 0. The van der Waals surface area contributed by atoms with E-state index >= 15 is 0 Å². The summed E-state index contributed by atoms with van der Waals surface area (Å²) in [5, 5.41) is 6.47. The Hall–Kier alpha value is -1.77. The summed E-state index contributed by atoms with van der Waals surface area (Å²) in [5.41, 5.74) is 3.22. The van der Waals surface area contributed by atoms with Gasteiger partial charge in [-0.3, -0.25) is 4.79 Å². The molecular formula is C14H16N2O. The first-order valence-electron chi connectivity index (χ1n) is 6.19. The van der Waals surface area contributed by atoms with Crippen LogP contribution in [0.2, 0.25) is 0 Å². The summed E-state index contributed by atoms with van der Waals surface area (Å²) < 4.78 is 0. The lowest BCUT2D eigenvalue weighted by molar-refractivity contribution is -0.119. The fourth-order valence-electron chi connectivity index (χ4n) is 2.56. The van der Waals surface area contributed by atoms with Crippen molar-refractivity contribution in [3.05, 3.63) is 47.2 Å². The lowest BCUT2D eigenvalue weighted by atomic mass is 9.93. The van der Waals surface area contributed by atoms with Crippen molar-refractivity contribution in [1.29, 1.82) is 0 Å². The van der Waals surface area contributed by atoms with E-state index in [2.05, 4.69) is 10.6 Å². The number of hydrogen-bond donors (Lipinski definition) is 2. The first kappa shape index (κ1) is 10.4. The molecule has 2 aliphatic rings. The Morgan fingerprint density at radius 1 is 1.00 bits per heavy atom. The van der Waals surface area contributed by atoms with E-state index < -0.39 is 0 Å². The van der Waals surface area contributed by atoms with Crippen LogP contribution in [0.25, 0.3) is 0 Å². The van der Waals surface area contributed by atoms with Crippen LogP contribution in [-0.2, 0) is 4.79 Å². The fraction of sp³-hybridized carbons (Fsp3) is 0.357. The minimum absolute atomic E-state index is 0.0689. The van der Waals surface area contributed by atoms with Crippen molar-refractivity contribution in [2.45, 2.75) is 31.8 Å². The highest BCUT2D eigenvalue weighted by Crippen LogP contribution is 2.28. The molecule has 0 saturated carbocycles. The number of nitrogens with one attached hydrogen (secondary N) is 2. The average molecular weight is 228 g/mol. The van der Waals surface area contributed by atoms with Gasteiger partial charge in [-0.2, -0.15) is 0 Å². The van der Waals surface area contributed by atoms with Crippen LogP contribution in [0.3, 0.4) is 0 Å². The van der Waals surface area contributed by atoms with Crippen LogP contribution >= 0.6 is 0 Å². The quantitative estimate of drug-likeness (QED) is 0.774. The van der Waals surface area contributed by atoms with Gasteiger partial charge in [-0.15, -0.1) is 0 Å². The monoisotopic (exact) mass is 228 g/mol. The van der Waals surface area contributed by atoms with Gasteiger partial charge in [-0.05, 0) is 31.2 Å². The minimum Gasteiger partial charge on any atom is -0.365 e. The van der Waals surface area contributed by atoms with E-state index in [4.69, 9.17) is 0 Å². The first-order valence-corrected chi connectivity index (χ1v) is 6.19. The maximum absolute atomic E-state index is 12.0. The predicted octanol–water partition coefficient (Wildman–Crippen LogP) is 2.23. The lowest BCUT2D eigenvalue weighted by Crippen LogP contribution is -2.45. The Kier molecular flexibility index (Phi) is 2.59. The van der Waals surface area contributed by atoms with Crippen molar-refractivity contribution >= 4 is 5.91 Å². The van der Waals surface area contributed by atoms with Gasteiger partial charge in [0.1, 0.15) is 6.17 Å². The molecule has 1 aromatic carbocycles. The van der Waals surface area contributed by atoms with Gasteiger partial charge in [-0.1, -0.05) is 30.3 Å². The molecule has 3 heteroatoms. The molecule has 3 rings (SSSR count). The van der Waals surface area contributed by atoms with E-state index in [-0.39, 0.29) is 12.1 Å². The van der Waals surface area contributed by atoms with Crippen molar-refractivity contribution in [3.8, 4) is 0 Å². The van der Waals surface area contributed by atoms with Gasteiger partial charge in [0, 0.05) is 11.3 Å². The molecule has 1 heterocycles. The number of benzene rings is 1. The number of amides is 1. The molecule has 1 amide bonds. The predicted molar refractivity (Wildman–Crippen MR) is 66.0 cm³/mol. The number of carbonyl (C=O) groups excluding carboxylic acids is 1. The third-order valence-electron chi connectivity index (χ3n) is 3.47. The van der Waals surface area contributed by atoms with Crippen molar-refractivity contribution < 1.29 is 4.79 Å². The van der Waals surface area contributed by atoms with Crippen LogP contribution < -0.4 is 10.6 Å². The maximum atomic E-state index is 12.0. The van der Waals surface area contributed by atoms with Crippen molar-refractivity contribution in [2.75, 3.05) is 0 Å². The van der Waals surface area contributed by atoms with Gasteiger partial charge in [0.25, 0.3) is 5.91 Å². The third-order valence-corrected chi connectivity index (χ3v) is 3.47. The molecular weight excluding hydrogens is 212 g/mol. The molecule has 0 spiro atoms. The molecule has 1 atom stereocenters. The number of hydrogen-bond acceptors (Lipinski definition) is 2. The summed E-state index contributed by atoms with van der Waals surface area (Å²) in [6, 6.07) is 10.0. The highest BCUT2D eigenvalue weighted by Gasteiger charge is 2.28. The Labute approximate surface area is 101 Å². The van der Waals surface area contributed by atoms with Crippen molar-refractivity contribution in [2.24, 2.45) is 0 Å². The van der Waals surface area contributed by atoms with Gasteiger partial charge in [0.15, 0.2) is 0 Å². The highest BCUT2D eigenvalue weighted by atomic mass is 16.2. The zero-order valence-corrected chi connectivity index (χ0v) is 9.70. The molecule has 1 aliphatic heterocycles. The van der Waals surface area contributed by atoms with E-state index in [1.54, 1.807) is 0 Å². The normalized spacial score (nSPS) is 23.8. The summed E-state index contributed by atoms with van der Waals surface area (Å²) in [6.45, 7) is 0. The molecule has 88 valence electrons. The number of carbonyl (C=O) groups is 1. The Morgan fingerprint density at radius 3 is 2.59 bits per heavy atom. The van der Waals surface area contributed by atoms with Crippen LogP contribution in [-0.4, -0.2) is 5.91 Å². The molecule has 17 heavy (non-hydrogen) atoms. The molecule has 0 fully saturated rings. The van der Waals surface area contributed by atoms with E-state index in [1.165, 1.54) is 6.42 Å². The molecule has 0 bridgehead atoms. The summed E-state index contributed by atoms with van der Waals surface area (Å²) in [5.74, 6) is 0.104. The summed E-state index contributed by atoms with van der Waals surface area (Å²) in [4.78, 5) is 12.0. The second-order valence-corrected chi connectivity index (χ2v) is 4.63. The lowest BCUT2D eigenvalue weighted by Gasteiger charge is -2.32. The number of allylic oxidation sites excluding steroid dienone is 1. The van der Waals surface area contributed by atoms with Gasteiger partial charge in [0.05, 0.1) is 0 Å². The standard InChI is InChI=1S/C14H16N2O/c17-14-11-8-4-5-9-12(11)15-13(16-14)10-6-2-1-3-7-10/h1-3,6-7,13,15H,4-5,8-9H2,(H,16,17). The van der Waals surface area contributed by atoms with Crippen molar-refractivity contribution in [3.63, 3.8) is 0 Å². The van der Waals surface area contributed by atoms with Crippen LogP contribution in [0.15, 0.2) is 41.6 Å². The molecule has 0 radical (unpaired) electrons. The average Bonchev–Trinajstić information content (AvgIpc) is 2.40. The topological polar surface area (TPSA) is 41.1 Å². The van der Waals surface area contributed by atoms with Crippen LogP contribution in [0.1, 0.15) is 37.4 Å². The molecule has 3 nitrogen and oxygen atoms in total. The Balaban J connectivity index is 1.88. The summed E-state index contributed by atoms with van der Waals surface area (Å²) in [7, 11) is 0. The Bertz CT molecular complexity index is 464. The molecule has 2 N–H and O–H groups in total. The molecule has 0 saturated heterocycles. The zero-order valence-electron chi connectivity index (χ0n) is 9.70. The van der Waals surface area contributed by atoms with Crippen LogP contribution in [0.5, 0.6) is 0 Å². The minimum atomic E-state index is -0.0689. The van der Waals surface area contributed by atoms with Gasteiger partial charge < -0.3 is 10.6 Å².